The first kappa shape index (κ1) is 18.2. The number of nitrogens with zero attached hydrogens (tertiary/aromatic N) is 2. The summed E-state index contributed by atoms with van der Waals surface area (Å²) in [6.45, 7) is 8.08. The molecular weight excluding hydrogens is 346 g/mol. The molecule has 0 aliphatic carbocycles. The third-order valence-corrected chi connectivity index (χ3v) is 5.03. The number of furan rings is 1. The molecule has 0 spiro atoms. The first-order chi connectivity index (χ1) is 12.6. The van der Waals surface area contributed by atoms with Crippen molar-refractivity contribution in [1.82, 2.24) is 4.98 Å². The fourth-order valence-electron chi connectivity index (χ4n) is 2.76. The van der Waals surface area contributed by atoms with E-state index in [1.807, 2.05) is 48.7 Å². The molecule has 0 bridgehead atoms. The van der Waals surface area contributed by atoms with Gasteiger partial charge in [-0.05, 0) is 57.2 Å². The van der Waals surface area contributed by atoms with Crippen LogP contribution in [0.1, 0.15) is 25.3 Å². The average Bonchev–Trinajstić information content (AvgIpc) is 3.26. The maximum Gasteiger partial charge on any atom is 0.230 e. The molecule has 0 aliphatic heterocycles. The smallest absolute Gasteiger partial charge is 0.230 e. The van der Waals surface area contributed by atoms with Crippen LogP contribution in [0.25, 0.3) is 10.8 Å². The number of anilines is 2. The number of hydrogen-bond acceptors (Lipinski definition) is 5. The van der Waals surface area contributed by atoms with Gasteiger partial charge in [-0.15, -0.1) is 11.3 Å². The molecule has 0 radical (unpaired) electrons. The maximum atomic E-state index is 12.3. The van der Waals surface area contributed by atoms with E-state index in [4.69, 9.17) is 4.42 Å². The summed E-state index contributed by atoms with van der Waals surface area (Å²) in [4.78, 5) is 19.0. The fourth-order valence-corrected chi connectivity index (χ4v) is 3.54. The Morgan fingerprint density at radius 2 is 1.88 bits per heavy atom. The molecule has 0 saturated carbocycles. The van der Waals surface area contributed by atoms with Crippen molar-refractivity contribution in [2.24, 2.45) is 0 Å². The van der Waals surface area contributed by atoms with Crippen LogP contribution in [0.2, 0.25) is 0 Å². The molecule has 3 rings (SSSR count). The lowest BCUT2D eigenvalue weighted by Gasteiger charge is -2.21. The molecule has 0 saturated heterocycles. The second-order valence-corrected chi connectivity index (χ2v) is 6.86. The van der Waals surface area contributed by atoms with Gasteiger partial charge in [0.15, 0.2) is 10.8 Å². The summed E-state index contributed by atoms with van der Waals surface area (Å²) in [6, 6.07) is 11.7. The van der Waals surface area contributed by atoms with Crippen molar-refractivity contribution in [2.45, 2.75) is 27.2 Å². The zero-order chi connectivity index (χ0) is 18.5. The minimum absolute atomic E-state index is 0.0759. The number of aryl methyl sites for hydroxylation is 1. The van der Waals surface area contributed by atoms with Gasteiger partial charge in [-0.1, -0.05) is 0 Å². The van der Waals surface area contributed by atoms with Crippen molar-refractivity contribution in [1.29, 1.82) is 0 Å². The molecule has 0 atom stereocenters. The summed E-state index contributed by atoms with van der Waals surface area (Å²) in [5.41, 5.74) is 2.70. The van der Waals surface area contributed by atoms with Gasteiger partial charge in [-0.3, -0.25) is 4.79 Å². The van der Waals surface area contributed by atoms with E-state index in [0.717, 1.165) is 46.7 Å². The molecule has 1 aromatic carbocycles. The van der Waals surface area contributed by atoms with Crippen LogP contribution in [0.3, 0.4) is 0 Å². The van der Waals surface area contributed by atoms with Gasteiger partial charge in [0.25, 0.3) is 0 Å². The van der Waals surface area contributed by atoms with Crippen molar-refractivity contribution in [3.63, 3.8) is 0 Å². The summed E-state index contributed by atoms with van der Waals surface area (Å²) in [6.07, 6.45) is 0.244. The fraction of sp³-hybridized carbons (Fsp3) is 0.300. The number of nitrogens with one attached hydrogen (secondary N) is 1. The van der Waals surface area contributed by atoms with Crippen LogP contribution in [0, 0.1) is 6.92 Å². The third-order valence-electron chi connectivity index (χ3n) is 4.12. The molecule has 2 aromatic heterocycles. The summed E-state index contributed by atoms with van der Waals surface area (Å²) in [5, 5.41) is 5.62. The van der Waals surface area contributed by atoms with Crippen LogP contribution >= 0.6 is 11.3 Å². The molecule has 5 nitrogen and oxygen atoms in total. The van der Waals surface area contributed by atoms with Gasteiger partial charge in [-0.2, -0.15) is 0 Å². The predicted octanol–water partition coefficient (Wildman–Crippen LogP) is 4.74. The Morgan fingerprint density at radius 1 is 1.15 bits per heavy atom. The SMILES string of the molecule is CCN(CC)c1ccc(NC(=O)Cc2csc(-c3ccc(C)o3)n2)cc1. The monoisotopic (exact) mass is 369 g/mol. The third kappa shape index (κ3) is 4.32. The van der Waals surface area contributed by atoms with Gasteiger partial charge >= 0.3 is 0 Å². The Balaban J connectivity index is 1.60. The molecule has 3 aromatic rings. The Hall–Kier alpha value is -2.60. The van der Waals surface area contributed by atoms with Crippen molar-refractivity contribution in [2.75, 3.05) is 23.3 Å². The second kappa shape index (κ2) is 8.19. The Kier molecular flexibility index (Phi) is 5.73. The number of carbonyl (C=O) groups is 1. The number of benzene rings is 1. The van der Waals surface area contributed by atoms with E-state index in [9.17, 15) is 4.79 Å². The highest BCUT2D eigenvalue weighted by Gasteiger charge is 2.12. The highest BCUT2D eigenvalue weighted by Crippen LogP contribution is 2.26. The largest absolute Gasteiger partial charge is 0.459 e. The van der Waals surface area contributed by atoms with E-state index in [-0.39, 0.29) is 12.3 Å². The average molecular weight is 369 g/mol. The van der Waals surface area contributed by atoms with Crippen LogP contribution < -0.4 is 10.2 Å². The van der Waals surface area contributed by atoms with Gasteiger partial charge in [-0.25, -0.2) is 4.98 Å². The molecule has 0 unspecified atom stereocenters. The molecule has 0 fully saturated rings. The molecule has 136 valence electrons. The van der Waals surface area contributed by atoms with Gasteiger partial charge in [0.05, 0.1) is 12.1 Å². The van der Waals surface area contributed by atoms with E-state index < -0.39 is 0 Å². The standard InChI is InChI=1S/C20H23N3O2S/c1-4-23(5-2)17-9-7-15(8-10-17)21-19(24)12-16-13-26-20(22-16)18-11-6-14(3)25-18/h6-11,13H,4-5,12H2,1-3H3,(H,21,24). The Labute approximate surface area is 157 Å². The number of hydrogen-bond donors (Lipinski definition) is 1. The van der Waals surface area contributed by atoms with Gasteiger partial charge in [0.2, 0.25) is 5.91 Å². The zero-order valence-corrected chi connectivity index (χ0v) is 16.1. The van der Waals surface area contributed by atoms with Crippen LogP contribution in [0.15, 0.2) is 46.2 Å². The van der Waals surface area contributed by atoms with Crippen molar-refractivity contribution < 1.29 is 9.21 Å². The summed E-state index contributed by atoms with van der Waals surface area (Å²) >= 11 is 1.48. The number of rotatable bonds is 7. The summed E-state index contributed by atoms with van der Waals surface area (Å²) < 4.78 is 5.58. The molecular formula is C20H23N3O2S. The van der Waals surface area contributed by atoms with Crippen LogP contribution in [0.5, 0.6) is 0 Å². The summed E-state index contributed by atoms with van der Waals surface area (Å²) in [5.74, 6) is 1.52. The number of aromatic nitrogens is 1. The van der Waals surface area contributed by atoms with E-state index in [2.05, 4.69) is 29.0 Å². The first-order valence-electron chi connectivity index (χ1n) is 8.75. The van der Waals surface area contributed by atoms with Gasteiger partial charge in [0.1, 0.15) is 5.76 Å². The van der Waals surface area contributed by atoms with Crippen LogP contribution in [-0.2, 0) is 11.2 Å². The number of carbonyl (C=O) groups excluding carboxylic acids is 1. The lowest BCUT2D eigenvalue weighted by molar-refractivity contribution is -0.115. The highest BCUT2D eigenvalue weighted by molar-refractivity contribution is 7.13. The topological polar surface area (TPSA) is 58.4 Å². The van der Waals surface area contributed by atoms with Crippen molar-refractivity contribution >= 4 is 28.6 Å². The number of amides is 1. The van der Waals surface area contributed by atoms with Crippen molar-refractivity contribution in [3.8, 4) is 10.8 Å². The summed E-state index contributed by atoms with van der Waals surface area (Å²) in [7, 11) is 0. The van der Waals surface area contributed by atoms with E-state index in [0.29, 0.717) is 0 Å². The lowest BCUT2D eigenvalue weighted by Crippen LogP contribution is -2.21. The quantitative estimate of drug-likeness (QED) is 0.653. The second-order valence-electron chi connectivity index (χ2n) is 6.00. The highest BCUT2D eigenvalue weighted by atomic mass is 32.1. The molecule has 2 heterocycles. The predicted molar refractivity (Wildman–Crippen MR) is 107 cm³/mol. The van der Waals surface area contributed by atoms with Crippen molar-refractivity contribution in [3.05, 3.63) is 53.2 Å². The van der Waals surface area contributed by atoms with E-state index in [1.54, 1.807) is 0 Å². The maximum absolute atomic E-state index is 12.3. The van der Waals surface area contributed by atoms with Crippen LogP contribution in [0.4, 0.5) is 11.4 Å². The molecule has 26 heavy (non-hydrogen) atoms. The Bertz CT molecular complexity index is 863. The Morgan fingerprint density at radius 3 is 2.50 bits per heavy atom. The minimum atomic E-state index is -0.0759. The zero-order valence-electron chi connectivity index (χ0n) is 15.3. The van der Waals surface area contributed by atoms with E-state index >= 15 is 0 Å². The van der Waals surface area contributed by atoms with Gasteiger partial charge in [0, 0.05) is 29.8 Å². The number of thiazole rings is 1. The molecule has 1 amide bonds. The lowest BCUT2D eigenvalue weighted by atomic mass is 10.2. The normalized spacial score (nSPS) is 10.7. The molecule has 1 N–H and O–H groups in total. The van der Waals surface area contributed by atoms with Gasteiger partial charge < -0.3 is 14.6 Å². The molecule has 0 aliphatic rings. The van der Waals surface area contributed by atoms with Crippen LogP contribution in [-0.4, -0.2) is 24.0 Å². The minimum Gasteiger partial charge on any atom is -0.459 e. The first-order valence-corrected chi connectivity index (χ1v) is 9.63. The molecule has 6 heteroatoms. The van der Waals surface area contributed by atoms with E-state index in [1.165, 1.54) is 11.3 Å².